The van der Waals surface area contributed by atoms with Crippen molar-refractivity contribution in [1.82, 2.24) is 9.97 Å². The van der Waals surface area contributed by atoms with E-state index in [2.05, 4.69) is 52.6 Å². The second kappa shape index (κ2) is 5.74. The number of nitrogen functional groups attached to an aromatic ring is 1. The molecule has 0 radical (unpaired) electrons. The van der Waals surface area contributed by atoms with E-state index in [0.29, 0.717) is 21.0 Å². The molecule has 0 saturated heterocycles. The molecule has 0 aliphatic rings. The van der Waals surface area contributed by atoms with Gasteiger partial charge in [-0.3, -0.25) is 10.1 Å². The molecule has 0 unspecified atom stereocenters. The van der Waals surface area contributed by atoms with Crippen LogP contribution >= 0.6 is 43.2 Å². The van der Waals surface area contributed by atoms with Gasteiger partial charge in [0.05, 0.1) is 15.5 Å². The van der Waals surface area contributed by atoms with Crippen molar-refractivity contribution in [3.63, 3.8) is 0 Å². The standard InChI is InChI=1S/C9H7Br2N5OS/c10-4-1-5(7(16-12)13-2-4)8(17)15-9-14-3-6(11)18-9/h1-3H,12H2,(H,13,16)(H,14,15,17). The number of nitrogens with one attached hydrogen (secondary N) is 2. The van der Waals surface area contributed by atoms with Crippen molar-refractivity contribution in [2.24, 2.45) is 5.84 Å². The molecule has 0 aliphatic heterocycles. The number of nitrogens with two attached hydrogens (primary N) is 1. The Hall–Kier alpha value is -1.03. The van der Waals surface area contributed by atoms with Gasteiger partial charge in [0.2, 0.25) is 0 Å². The fourth-order valence-corrected chi connectivity index (χ4v) is 2.64. The molecule has 6 nitrogen and oxygen atoms in total. The van der Waals surface area contributed by atoms with E-state index in [-0.39, 0.29) is 5.91 Å². The Morgan fingerprint density at radius 1 is 1.33 bits per heavy atom. The average molecular weight is 393 g/mol. The first-order chi connectivity index (χ1) is 8.60. The largest absolute Gasteiger partial charge is 0.308 e. The number of anilines is 2. The van der Waals surface area contributed by atoms with E-state index in [1.165, 1.54) is 11.3 Å². The van der Waals surface area contributed by atoms with Gasteiger partial charge in [-0.25, -0.2) is 15.8 Å². The molecule has 0 aliphatic carbocycles. The minimum absolute atomic E-state index is 0.298. The number of carbonyl (C=O) groups is 1. The molecule has 0 fully saturated rings. The van der Waals surface area contributed by atoms with Crippen LogP contribution in [0.2, 0.25) is 0 Å². The molecule has 1 amide bonds. The molecule has 0 bridgehead atoms. The lowest BCUT2D eigenvalue weighted by molar-refractivity contribution is 0.102. The maximum absolute atomic E-state index is 12.0. The van der Waals surface area contributed by atoms with E-state index in [9.17, 15) is 4.79 Å². The van der Waals surface area contributed by atoms with Gasteiger partial charge in [-0.2, -0.15) is 0 Å². The van der Waals surface area contributed by atoms with Gasteiger partial charge in [0.15, 0.2) is 10.9 Å². The lowest BCUT2D eigenvalue weighted by Crippen LogP contribution is -2.18. The number of aromatic nitrogens is 2. The summed E-state index contributed by atoms with van der Waals surface area (Å²) in [5.41, 5.74) is 2.71. The van der Waals surface area contributed by atoms with E-state index < -0.39 is 0 Å². The van der Waals surface area contributed by atoms with Crippen molar-refractivity contribution in [2.75, 3.05) is 10.7 Å². The summed E-state index contributed by atoms with van der Waals surface area (Å²) >= 11 is 7.84. The fourth-order valence-electron chi connectivity index (χ4n) is 1.20. The number of pyridine rings is 1. The lowest BCUT2D eigenvalue weighted by Gasteiger charge is -2.07. The SMILES string of the molecule is NNc1ncc(Br)cc1C(=O)Nc1ncc(Br)s1. The number of nitrogens with zero attached hydrogens (tertiary/aromatic N) is 2. The van der Waals surface area contributed by atoms with Crippen LogP contribution in [0.1, 0.15) is 10.4 Å². The molecule has 2 aromatic heterocycles. The number of halogens is 2. The zero-order valence-corrected chi connectivity index (χ0v) is 12.8. The Kier molecular flexibility index (Phi) is 4.27. The van der Waals surface area contributed by atoms with Crippen molar-refractivity contribution in [1.29, 1.82) is 0 Å². The average Bonchev–Trinajstić information content (AvgIpc) is 2.74. The Morgan fingerprint density at radius 3 is 2.72 bits per heavy atom. The molecule has 0 atom stereocenters. The minimum atomic E-state index is -0.335. The molecule has 2 heterocycles. The van der Waals surface area contributed by atoms with Crippen LogP contribution in [-0.2, 0) is 0 Å². The van der Waals surface area contributed by atoms with Crippen LogP contribution in [0, 0.1) is 0 Å². The number of carbonyl (C=O) groups excluding carboxylic acids is 1. The topological polar surface area (TPSA) is 92.9 Å². The molecule has 0 aromatic carbocycles. The maximum atomic E-state index is 12.0. The monoisotopic (exact) mass is 391 g/mol. The number of amides is 1. The maximum Gasteiger partial charge on any atom is 0.261 e. The highest BCUT2D eigenvalue weighted by Gasteiger charge is 2.14. The molecule has 2 rings (SSSR count). The third-order valence-electron chi connectivity index (χ3n) is 1.93. The van der Waals surface area contributed by atoms with Crippen molar-refractivity contribution in [2.45, 2.75) is 0 Å². The summed E-state index contributed by atoms with van der Waals surface area (Å²) in [6, 6.07) is 1.63. The van der Waals surface area contributed by atoms with Crippen molar-refractivity contribution in [3.8, 4) is 0 Å². The number of hydrogen-bond acceptors (Lipinski definition) is 6. The second-order valence-electron chi connectivity index (χ2n) is 3.12. The Balaban J connectivity index is 2.25. The van der Waals surface area contributed by atoms with Gasteiger partial charge >= 0.3 is 0 Å². The minimum Gasteiger partial charge on any atom is -0.308 e. The Labute approximate surface area is 123 Å². The number of rotatable bonds is 3. The summed E-state index contributed by atoms with van der Waals surface area (Å²) in [5.74, 6) is 5.27. The van der Waals surface area contributed by atoms with Gasteiger partial charge in [0.25, 0.3) is 5.91 Å². The van der Waals surface area contributed by atoms with Gasteiger partial charge in [0, 0.05) is 10.7 Å². The summed E-state index contributed by atoms with van der Waals surface area (Å²) in [6.45, 7) is 0. The van der Waals surface area contributed by atoms with Crippen LogP contribution < -0.4 is 16.6 Å². The molecule has 2 aromatic rings. The first-order valence-electron chi connectivity index (χ1n) is 4.65. The van der Waals surface area contributed by atoms with E-state index in [1.807, 2.05) is 0 Å². The van der Waals surface area contributed by atoms with Crippen LogP contribution in [0.3, 0.4) is 0 Å². The normalized spacial score (nSPS) is 10.2. The van der Waals surface area contributed by atoms with Crippen molar-refractivity contribution in [3.05, 3.63) is 32.3 Å². The second-order valence-corrected chi connectivity index (χ2v) is 6.44. The first-order valence-corrected chi connectivity index (χ1v) is 7.05. The van der Waals surface area contributed by atoms with Gasteiger partial charge in [-0.1, -0.05) is 11.3 Å². The van der Waals surface area contributed by atoms with Gasteiger partial charge < -0.3 is 5.43 Å². The molecule has 9 heteroatoms. The Morgan fingerprint density at radius 2 is 2.11 bits per heavy atom. The summed E-state index contributed by atoms with van der Waals surface area (Å²) < 4.78 is 1.52. The summed E-state index contributed by atoms with van der Waals surface area (Å²) in [6.07, 6.45) is 3.16. The quantitative estimate of drug-likeness (QED) is 0.551. The molecule has 0 saturated carbocycles. The van der Waals surface area contributed by atoms with Crippen LogP contribution in [0.4, 0.5) is 10.9 Å². The van der Waals surface area contributed by atoms with Crippen LogP contribution in [0.25, 0.3) is 0 Å². The molecular formula is C9H7Br2N5OS. The van der Waals surface area contributed by atoms with Gasteiger partial charge in [-0.15, -0.1) is 0 Å². The molecule has 94 valence electrons. The lowest BCUT2D eigenvalue weighted by atomic mass is 10.2. The van der Waals surface area contributed by atoms with Crippen LogP contribution in [0.5, 0.6) is 0 Å². The van der Waals surface area contributed by atoms with Crippen LogP contribution in [-0.4, -0.2) is 15.9 Å². The zero-order chi connectivity index (χ0) is 13.1. The van der Waals surface area contributed by atoms with Crippen molar-refractivity contribution >= 4 is 60.1 Å². The molecule has 18 heavy (non-hydrogen) atoms. The third kappa shape index (κ3) is 3.05. The van der Waals surface area contributed by atoms with E-state index >= 15 is 0 Å². The predicted octanol–water partition coefficient (Wildman–Crippen LogP) is 2.60. The highest BCUT2D eigenvalue weighted by molar-refractivity contribution is 9.11. The summed E-state index contributed by atoms with van der Waals surface area (Å²) in [4.78, 5) is 20.0. The molecular weight excluding hydrogens is 386 g/mol. The van der Waals surface area contributed by atoms with Gasteiger partial charge in [0.1, 0.15) is 0 Å². The molecule has 4 N–H and O–H groups in total. The van der Waals surface area contributed by atoms with Crippen molar-refractivity contribution < 1.29 is 4.79 Å². The van der Waals surface area contributed by atoms with E-state index in [0.717, 1.165) is 3.79 Å². The smallest absolute Gasteiger partial charge is 0.261 e. The van der Waals surface area contributed by atoms with E-state index in [1.54, 1.807) is 18.5 Å². The predicted molar refractivity (Wildman–Crippen MR) is 77.5 cm³/mol. The third-order valence-corrected chi connectivity index (χ3v) is 3.76. The van der Waals surface area contributed by atoms with Gasteiger partial charge in [-0.05, 0) is 37.9 Å². The highest BCUT2D eigenvalue weighted by atomic mass is 79.9. The number of hydrazine groups is 1. The molecule has 0 spiro atoms. The zero-order valence-electron chi connectivity index (χ0n) is 8.78. The van der Waals surface area contributed by atoms with E-state index in [4.69, 9.17) is 5.84 Å². The highest BCUT2D eigenvalue weighted by Crippen LogP contribution is 2.24. The number of hydrogen-bond donors (Lipinski definition) is 3. The Bertz CT molecular complexity index is 588. The first kappa shape index (κ1) is 13.4. The number of thiazole rings is 1. The summed E-state index contributed by atoms with van der Waals surface area (Å²) in [7, 11) is 0. The fraction of sp³-hybridized carbons (Fsp3) is 0. The summed E-state index contributed by atoms with van der Waals surface area (Å²) in [5, 5.41) is 3.16. The van der Waals surface area contributed by atoms with Crippen LogP contribution in [0.15, 0.2) is 26.7 Å².